The van der Waals surface area contributed by atoms with E-state index in [-0.39, 0.29) is 0 Å². The molecule has 0 radical (unpaired) electrons. The first-order valence-electron chi connectivity index (χ1n) is 6.51. The van der Waals surface area contributed by atoms with Gasteiger partial charge in [-0.25, -0.2) is 4.79 Å². The van der Waals surface area contributed by atoms with Crippen LogP contribution in [0, 0.1) is 0 Å². The molecule has 0 atom stereocenters. The van der Waals surface area contributed by atoms with E-state index in [0.717, 1.165) is 36.2 Å². The molecule has 17 heavy (non-hydrogen) atoms. The predicted octanol–water partition coefficient (Wildman–Crippen LogP) is 2.93. The fourth-order valence-corrected chi connectivity index (χ4v) is 3.19. The maximum absolute atomic E-state index is 11.3. The molecule has 2 aliphatic carbocycles. The molecule has 0 aliphatic heterocycles. The van der Waals surface area contributed by atoms with Crippen LogP contribution in [-0.2, 0) is 12.8 Å². The van der Waals surface area contributed by atoms with Crippen LogP contribution < -0.4 is 0 Å². The van der Waals surface area contributed by atoms with Crippen LogP contribution >= 0.6 is 0 Å². The van der Waals surface area contributed by atoms with Crippen LogP contribution in [0.2, 0.25) is 0 Å². The van der Waals surface area contributed by atoms with Gasteiger partial charge in [-0.15, -0.1) is 0 Å². The average Bonchev–Trinajstić information content (AvgIpc) is 2.98. The van der Waals surface area contributed by atoms with Crippen molar-refractivity contribution < 1.29 is 9.90 Å². The van der Waals surface area contributed by atoms with Gasteiger partial charge in [0.15, 0.2) is 0 Å². The third-order valence-corrected chi connectivity index (χ3v) is 4.07. The van der Waals surface area contributed by atoms with Gasteiger partial charge in [0.1, 0.15) is 0 Å². The fourth-order valence-electron chi connectivity index (χ4n) is 3.19. The molecule has 0 spiro atoms. The summed E-state index contributed by atoms with van der Waals surface area (Å²) >= 11 is 0. The van der Waals surface area contributed by atoms with E-state index >= 15 is 0 Å². The van der Waals surface area contributed by atoms with Crippen LogP contribution in [0.3, 0.4) is 0 Å². The Bertz CT molecular complexity index is 462. The number of carboxylic acids is 1. The number of aryl methyl sites for hydroxylation is 1. The second kappa shape index (κ2) is 4.13. The number of aromatic carboxylic acids is 1. The molecule has 1 fully saturated rings. The normalized spacial score (nSPS) is 19.5. The number of carboxylic acid groups (broad SMARTS) is 1. The number of pyridine rings is 1. The van der Waals surface area contributed by atoms with Crippen molar-refractivity contribution in [2.24, 2.45) is 0 Å². The lowest BCUT2D eigenvalue weighted by atomic mass is 9.98. The van der Waals surface area contributed by atoms with Crippen molar-refractivity contribution in [3.05, 3.63) is 28.6 Å². The number of aromatic nitrogens is 1. The summed E-state index contributed by atoms with van der Waals surface area (Å²) in [5.41, 5.74) is 3.57. The van der Waals surface area contributed by atoms with Gasteiger partial charge < -0.3 is 5.11 Å². The van der Waals surface area contributed by atoms with E-state index in [1.54, 1.807) is 0 Å². The maximum Gasteiger partial charge on any atom is 0.336 e. The summed E-state index contributed by atoms with van der Waals surface area (Å²) in [6, 6.07) is 1.84. The molecule has 1 heterocycles. The molecule has 1 aromatic heterocycles. The Labute approximate surface area is 101 Å². The van der Waals surface area contributed by atoms with Crippen molar-refractivity contribution >= 4 is 5.97 Å². The quantitative estimate of drug-likeness (QED) is 0.851. The van der Waals surface area contributed by atoms with E-state index < -0.39 is 5.97 Å². The zero-order chi connectivity index (χ0) is 11.8. The monoisotopic (exact) mass is 231 g/mol. The van der Waals surface area contributed by atoms with E-state index in [0.29, 0.717) is 11.5 Å². The molecular formula is C14H17NO2. The van der Waals surface area contributed by atoms with Gasteiger partial charge in [-0.05, 0) is 43.7 Å². The second-order valence-electron chi connectivity index (χ2n) is 5.16. The van der Waals surface area contributed by atoms with Gasteiger partial charge in [0.25, 0.3) is 0 Å². The molecule has 1 N–H and O–H groups in total. The summed E-state index contributed by atoms with van der Waals surface area (Å²) in [4.78, 5) is 16.0. The third-order valence-electron chi connectivity index (χ3n) is 4.07. The van der Waals surface area contributed by atoms with Gasteiger partial charge in [0.05, 0.1) is 5.56 Å². The summed E-state index contributed by atoms with van der Waals surface area (Å²) in [6.45, 7) is 0. The molecule has 0 bridgehead atoms. The maximum atomic E-state index is 11.3. The lowest BCUT2D eigenvalue weighted by Gasteiger charge is -2.12. The number of hydrogen-bond donors (Lipinski definition) is 1. The highest BCUT2D eigenvalue weighted by Gasteiger charge is 2.25. The number of carbonyl (C=O) groups is 1. The molecule has 1 aromatic rings. The zero-order valence-electron chi connectivity index (χ0n) is 9.91. The van der Waals surface area contributed by atoms with Crippen molar-refractivity contribution in [3.63, 3.8) is 0 Å². The highest BCUT2D eigenvalue weighted by molar-refractivity contribution is 5.90. The van der Waals surface area contributed by atoms with Crippen molar-refractivity contribution in [2.45, 2.75) is 50.9 Å². The number of hydrogen-bond acceptors (Lipinski definition) is 2. The van der Waals surface area contributed by atoms with E-state index in [9.17, 15) is 9.90 Å². The van der Waals surface area contributed by atoms with Crippen LogP contribution in [0.25, 0.3) is 0 Å². The zero-order valence-corrected chi connectivity index (χ0v) is 9.91. The number of nitrogens with zero attached hydrogens (tertiary/aromatic N) is 1. The Hall–Kier alpha value is -1.38. The minimum Gasteiger partial charge on any atom is -0.478 e. The smallest absolute Gasteiger partial charge is 0.336 e. The molecular weight excluding hydrogens is 214 g/mol. The number of fused-ring (bicyclic) bond motifs is 1. The van der Waals surface area contributed by atoms with Crippen LogP contribution in [-0.4, -0.2) is 16.1 Å². The third kappa shape index (κ3) is 1.84. The lowest BCUT2D eigenvalue weighted by Crippen LogP contribution is -2.08. The summed E-state index contributed by atoms with van der Waals surface area (Å²) in [6.07, 6.45) is 7.75. The molecule has 3 heteroatoms. The van der Waals surface area contributed by atoms with E-state index in [1.807, 2.05) is 6.07 Å². The average molecular weight is 231 g/mol. The Morgan fingerprint density at radius 3 is 2.71 bits per heavy atom. The first-order chi connectivity index (χ1) is 8.25. The van der Waals surface area contributed by atoms with Gasteiger partial charge in [-0.2, -0.15) is 0 Å². The molecule has 2 aliphatic rings. The van der Waals surface area contributed by atoms with Gasteiger partial charge in [-0.1, -0.05) is 12.8 Å². The van der Waals surface area contributed by atoms with Gasteiger partial charge >= 0.3 is 5.97 Å². The predicted molar refractivity (Wildman–Crippen MR) is 64.4 cm³/mol. The van der Waals surface area contributed by atoms with Crippen molar-refractivity contribution in [1.29, 1.82) is 0 Å². The molecule has 3 nitrogen and oxygen atoms in total. The molecule has 0 saturated heterocycles. The Morgan fingerprint density at radius 1 is 1.24 bits per heavy atom. The first kappa shape index (κ1) is 10.8. The molecule has 1 saturated carbocycles. The molecule has 0 unspecified atom stereocenters. The largest absolute Gasteiger partial charge is 0.478 e. The molecule has 0 amide bonds. The molecule has 0 aromatic carbocycles. The Balaban J connectivity index is 2.05. The summed E-state index contributed by atoms with van der Waals surface area (Å²) in [5.74, 6) is -0.288. The molecule has 90 valence electrons. The van der Waals surface area contributed by atoms with Gasteiger partial charge in [0.2, 0.25) is 0 Å². The topological polar surface area (TPSA) is 50.2 Å². The minimum atomic E-state index is -0.787. The standard InChI is InChI=1S/C14H17NO2/c16-14(17)11-8-13(9-4-1-2-5-9)15-12-7-3-6-10(11)12/h8-9H,1-7H2,(H,16,17). The Morgan fingerprint density at radius 2 is 2.00 bits per heavy atom. The summed E-state index contributed by atoms with van der Waals surface area (Å²) < 4.78 is 0. The van der Waals surface area contributed by atoms with Gasteiger partial charge in [-0.3, -0.25) is 4.98 Å². The second-order valence-corrected chi connectivity index (χ2v) is 5.16. The van der Waals surface area contributed by atoms with E-state index in [4.69, 9.17) is 4.98 Å². The fraction of sp³-hybridized carbons (Fsp3) is 0.571. The van der Waals surface area contributed by atoms with Crippen LogP contribution in [0.4, 0.5) is 0 Å². The van der Waals surface area contributed by atoms with Gasteiger partial charge in [0, 0.05) is 17.3 Å². The highest BCUT2D eigenvalue weighted by atomic mass is 16.4. The van der Waals surface area contributed by atoms with E-state index in [1.165, 1.54) is 25.7 Å². The van der Waals surface area contributed by atoms with Crippen LogP contribution in [0.15, 0.2) is 6.07 Å². The number of rotatable bonds is 2. The first-order valence-corrected chi connectivity index (χ1v) is 6.51. The van der Waals surface area contributed by atoms with Crippen LogP contribution in [0.1, 0.15) is 65.3 Å². The Kier molecular flexibility index (Phi) is 2.61. The summed E-state index contributed by atoms with van der Waals surface area (Å²) in [5, 5.41) is 9.29. The van der Waals surface area contributed by atoms with E-state index in [2.05, 4.69) is 0 Å². The lowest BCUT2D eigenvalue weighted by molar-refractivity contribution is 0.0695. The summed E-state index contributed by atoms with van der Waals surface area (Å²) in [7, 11) is 0. The molecule has 3 rings (SSSR count). The minimum absolute atomic E-state index is 0.499. The van der Waals surface area contributed by atoms with Crippen LogP contribution in [0.5, 0.6) is 0 Å². The SMILES string of the molecule is O=C(O)c1cc(C2CCCC2)nc2c1CCC2. The highest BCUT2D eigenvalue weighted by Crippen LogP contribution is 2.35. The van der Waals surface area contributed by atoms with Crippen molar-refractivity contribution in [2.75, 3.05) is 0 Å². The van der Waals surface area contributed by atoms with Crippen molar-refractivity contribution in [1.82, 2.24) is 4.98 Å². The van der Waals surface area contributed by atoms with Crippen molar-refractivity contribution in [3.8, 4) is 0 Å².